The minimum Gasteiger partial charge on any atom is -0.495 e. The van der Waals surface area contributed by atoms with Gasteiger partial charge in [0.05, 0.1) is 31.2 Å². The Hall–Kier alpha value is -1.46. The van der Waals surface area contributed by atoms with Gasteiger partial charge in [0, 0.05) is 19.1 Å². The van der Waals surface area contributed by atoms with Crippen molar-refractivity contribution in [2.75, 3.05) is 44.4 Å². The topological polar surface area (TPSA) is 59.8 Å². The molecular weight excluding hydrogens is 254 g/mol. The lowest BCUT2D eigenvalue weighted by molar-refractivity contribution is -0.0415. The van der Waals surface area contributed by atoms with Gasteiger partial charge >= 0.3 is 0 Å². The molecule has 1 aromatic carbocycles. The van der Waals surface area contributed by atoms with E-state index < -0.39 is 0 Å². The van der Waals surface area contributed by atoms with Gasteiger partial charge in [0.15, 0.2) is 0 Å². The quantitative estimate of drug-likeness (QED) is 0.818. The van der Waals surface area contributed by atoms with Crippen LogP contribution in [-0.2, 0) is 4.74 Å². The first kappa shape index (κ1) is 13.5. The summed E-state index contributed by atoms with van der Waals surface area (Å²) < 4.78 is 11.2. The molecule has 0 aromatic heterocycles. The number of ether oxygens (including phenoxy) is 2. The van der Waals surface area contributed by atoms with E-state index in [2.05, 4.69) is 10.2 Å². The van der Waals surface area contributed by atoms with Crippen molar-refractivity contribution in [3.05, 3.63) is 18.2 Å². The molecule has 2 heterocycles. The van der Waals surface area contributed by atoms with E-state index in [1.807, 2.05) is 18.2 Å². The number of para-hydroxylation sites is 1. The van der Waals surface area contributed by atoms with E-state index >= 15 is 0 Å². The molecule has 3 rings (SSSR count). The standard InChI is InChI=1S/C15H23N3O2/c1-19-14-6-2-5-13(15(14)16)17-8-12-9-18-7-3-4-11(18)10-20-12/h2,5-6,11-12,17H,3-4,7-10,16H2,1H3. The predicted molar refractivity (Wildman–Crippen MR) is 80.2 cm³/mol. The van der Waals surface area contributed by atoms with Crippen molar-refractivity contribution in [3.8, 4) is 5.75 Å². The minimum absolute atomic E-state index is 0.231. The summed E-state index contributed by atoms with van der Waals surface area (Å²) in [5.74, 6) is 0.708. The third-order valence-corrected chi connectivity index (χ3v) is 4.27. The second-order valence-corrected chi connectivity index (χ2v) is 5.55. The van der Waals surface area contributed by atoms with Crippen LogP contribution in [0.25, 0.3) is 0 Å². The maximum absolute atomic E-state index is 6.06. The maximum atomic E-state index is 6.06. The number of hydrogen-bond donors (Lipinski definition) is 2. The number of nitrogens with one attached hydrogen (secondary N) is 1. The first-order valence-corrected chi connectivity index (χ1v) is 7.30. The molecule has 0 aliphatic carbocycles. The predicted octanol–water partition coefficient (Wildman–Crippen LogP) is 1.55. The Morgan fingerprint density at radius 1 is 1.50 bits per heavy atom. The van der Waals surface area contributed by atoms with Crippen molar-refractivity contribution in [2.45, 2.75) is 25.0 Å². The van der Waals surface area contributed by atoms with Crippen molar-refractivity contribution >= 4 is 11.4 Å². The van der Waals surface area contributed by atoms with Gasteiger partial charge in [-0.3, -0.25) is 4.90 Å². The average Bonchev–Trinajstić information content (AvgIpc) is 2.93. The fraction of sp³-hybridized carbons (Fsp3) is 0.600. The van der Waals surface area contributed by atoms with Crippen LogP contribution in [0, 0.1) is 0 Å². The highest BCUT2D eigenvalue weighted by atomic mass is 16.5. The van der Waals surface area contributed by atoms with Crippen LogP contribution in [0.5, 0.6) is 5.75 Å². The molecule has 2 aliphatic rings. The third-order valence-electron chi connectivity index (χ3n) is 4.27. The van der Waals surface area contributed by atoms with Crippen molar-refractivity contribution in [2.24, 2.45) is 0 Å². The van der Waals surface area contributed by atoms with Gasteiger partial charge in [0.2, 0.25) is 0 Å². The molecule has 1 aromatic rings. The minimum atomic E-state index is 0.231. The third kappa shape index (κ3) is 2.69. The van der Waals surface area contributed by atoms with Crippen LogP contribution in [0.2, 0.25) is 0 Å². The summed E-state index contributed by atoms with van der Waals surface area (Å²) in [6.45, 7) is 3.87. The van der Waals surface area contributed by atoms with E-state index in [-0.39, 0.29) is 6.10 Å². The highest BCUT2D eigenvalue weighted by Gasteiger charge is 2.31. The fourth-order valence-electron chi connectivity index (χ4n) is 3.11. The van der Waals surface area contributed by atoms with E-state index in [1.54, 1.807) is 7.11 Å². The number of nitrogens with two attached hydrogens (primary N) is 1. The maximum Gasteiger partial charge on any atom is 0.143 e. The Balaban J connectivity index is 1.57. The average molecular weight is 277 g/mol. The molecule has 0 radical (unpaired) electrons. The number of hydrogen-bond acceptors (Lipinski definition) is 5. The van der Waals surface area contributed by atoms with Gasteiger partial charge in [-0.2, -0.15) is 0 Å². The Morgan fingerprint density at radius 2 is 2.40 bits per heavy atom. The lowest BCUT2D eigenvalue weighted by Gasteiger charge is -2.35. The van der Waals surface area contributed by atoms with Gasteiger partial charge in [-0.15, -0.1) is 0 Å². The number of methoxy groups -OCH3 is 1. The zero-order valence-corrected chi connectivity index (χ0v) is 12.0. The summed E-state index contributed by atoms with van der Waals surface area (Å²) in [4.78, 5) is 2.55. The molecule has 2 aliphatic heterocycles. The second-order valence-electron chi connectivity index (χ2n) is 5.55. The molecule has 0 amide bonds. The van der Waals surface area contributed by atoms with Crippen LogP contribution in [0.4, 0.5) is 11.4 Å². The molecule has 110 valence electrons. The summed E-state index contributed by atoms with van der Waals surface area (Å²) in [6.07, 6.45) is 2.81. The van der Waals surface area contributed by atoms with Crippen LogP contribution in [0.1, 0.15) is 12.8 Å². The molecule has 3 N–H and O–H groups in total. The van der Waals surface area contributed by atoms with Crippen LogP contribution >= 0.6 is 0 Å². The lowest BCUT2D eigenvalue weighted by atomic mass is 10.2. The number of rotatable bonds is 4. The number of anilines is 2. The van der Waals surface area contributed by atoms with Gasteiger partial charge in [0.1, 0.15) is 5.75 Å². The van der Waals surface area contributed by atoms with Crippen LogP contribution in [-0.4, -0.2) is 50.4 Å². The summed E-state index contributed by atoms with van der Waals surface area (Å²) >= 11 is 0. The molecule has 5 nitrogen and oxygen atoms in total. The molecule has 2 unspecified atom stereocenters. The molecule has 0 spiro atoms. The number of morpholine rings is 1. The Morgan fingerprint density at radius 3 is 3.25 bits per heavy atom. The molecule has 2 saturated heterocycles. The number of fused-ring (bicyclic) bond motifs is 1. The molecule has 2 fully saturated rings. The Bertz CT molecular complexity index is 466. The van der Waals surface area contributed by atoms with E-state index in [4.69, 9.17) is 15.2 Å². The zero-order valence-electron chi connectivity index (χ0n) is 12.0. The molecule has 2 atom stereocenters. The van der Waals surface area contributed by atoms with Gasteiger partial charge < -0.3 is 20.5 Å². The van der Waals surface area contributed by atoms with Gasteiger partial charge in [-0.05, 0) is 31.5 Å². The van der Waals surface area contributed by atoms with Crippen molar-refractivity contribution in [3.63, 3.8) is 0 Å². The van der Waals surface area contributed by atoms with Crippen LogP contribution in [0.3, 0.4) is 0 Å². The monoisotopic (exact) mass is 277 g/mol. The summed E-state index contributed by atoms with van der Waals surface area (Å²) in [7, 11) is 1.63. The molecule has 0 saturated carbocycles. The summed E-state index contributed by atoms with van der Waals surface area (Å²) in [5, 5.41) is 3.38. The first-order chi connectivity index (χ1) is 9.78. The number of benzene rings is 1. The number of nitrogens with zero attached hydrogens (tertiary/aromatic N) is 1. The molecule has 5 heteroatoms. The highest BCUT2D eigenvalue weighted by Crippen LogP contribution is 2.29. The summed E-state index contributed by atoms with van der Waals surface area (Å²) in [5.41, 5.74) is 7.63. The highest BCUT2D eigenvalue weighted by molar-refractivity contribution is 5.72. The SMILES string of the molecule is COc1cccc(NCC2CN3CCCC3CO2)c1N. The molecule has 20 heavy (non-hydrogen) atoms. The van der Waals surface area contributed by atoms with E-state index in [0.717, 1.165) is 25.4 Å². The number of nitrogen functional groups attached to an aromatic ring is 1. The van der Waals surface area contributed by atoms with Crippen molar-refractivity contribution in [1.29, 1.82) is 0 Å². The zero-order chi connectivity index (χ0) is 13.9. The van der Waals surface area contributed by atoms with Gasteiger partial charge in [-0.1, -0.05) is 6.07 Å². The Kier molecular flexibility index (Phi) is 3.98. The first-order valence-electron chi connectivity index (χ1n) is 7.30. The van der Waals surface area contributed by atoms with E-state index in [0.29, 0.717) is 17.5 Å². The van der Waals surface area contributed by atoms with E-state index in [9.17, 15) is 0 Å². The van der Waals surface area contributed by atoms with Gasteiger partial charge in [-0.25, -0.2) is 0 Å². The lowest BCUT2D eigenvalue weighted by Crippen LogP contribution is -2.48. The molecular formula is C15H23N3O2. The van der Waals surface area contributed by atoms with Crippen LogP contribution < -0.4 is 15.8 Å². The smallest absolute Gasteiger partial charge is 0.143 e. The van der Waals surface area contributed by atoms with Crippen molar-refractivity contribution in [1.82, 2.24) is 4.90 Å². The van der Waals surface area contributed by atoms with Crippen molar-refractivity contribution < 1.29 is 9.47 Å². The van der Waals surface area contributed by atoms with Crippen LogP contribution in [0.15, 0.2) is 18.2 Å². The normalized spacial score (nSPS) is 26.2. The van der Waals surface area contributed by atoms with Gasteiger partial charge in [0.25, 0.3) is 0 Å². The van der Waals surface area contributed by atoms with E-state index in [1.165, 1.54) is 19.4 Å². The molecule has 0 bridgehead atoms. The Labute approximate surface area is 120 Å². The summed E-state index contributed by atoms with van der Waals surface area (Å²) in [6, 6.07) is 6.43. The second kappa shape index (κ2) is 5.89. The fourth-order valence-corrected chi connectivity index (χ4v) is 3.11. The largest absolute Gasteiger partial charge is 0.495 e.